The quantitative estimate of drug-likeness (QED) is 0.0969. The third kappa shape index (κ3) is 11.8. The summed E-state index contributed by atoms with van der Waals surface area (Å²) in [7, 11) is -19.3. The van der Waals surface area contributed by atoms with Gasteiger partial charge in [0.15, 0.2) is 0 Å². The van der Waals surface area contributed by atoms with E-state index in [9.17, 15) is 51.9 Å². The summed E-state index contributed by atoms with van der Waals surface area (Å²) in [4.78, 5) is 0. The molecule has 0 heterocycles. The second kappa shape index (κ2) is 19.0. The van der Waals surface area contributed by atoms with Crippen LogP contribution in [-0.4, -0.2) is 108 Å². The van der Waals surface area contributed by atoms with Gasteiger partial charge in [-0.25, -0.2) is 33.7 Å². The minimum atomic E-state index is -4.42. The topological polar surface area (TPSA) is 229 Å². The van der Waals surface area contributed by atoms with Gasteiger partial charge in [-0.2, -0.15) is 0 Å². The maximum atomic E-state index is 12.1. The van der Waals surface area contributed by atoms with Gasteiger partial charge in [-0.15, -0.1) is 0 Å². The van der Waals surface area contributed by atoms with Crippen LogP contribution in [0, 0.1) is 23.7 Å². The van der Waals surface area contributed by atoms with Gasteiger partial charge in [-0.3, -0.25) is 0 Å². The molecule has 0 aliphatic heterocycles. The summed E-state index contributed by atoms with van der Waals surface area (Å²) in [5.41, 5.74) is 0.705. The van der Waals surface area contributed by atoms with E-state index in [1.54, 1.807) is 0 Å². The second-order valence-electron chi connectivity index (χ2n) is 16.5. The average Bonchev–Trinajstić information content (AvgIpc) is 3.87. The highest BCUT2D eigenvalue weighted by Gasteiger charge is 2.45. The van der Waals surface area contributed by atoms with Gasteiger partial charge in [0.05, 0.1) is 40.5 Å². The molecule has 0 saturated heterocycles. The largest absolute Gasteiger partial charge is 0.748 e. The molecular weight excluding hydrogens is 803 g/mol. The van der Waals surface area contributed by atoms with Crippen LogP contribution in [0.2, 0.25) is 0 Å². The molecule has 0 aromatic rings. The van der Waals surface area contributed by atoms with Gasteiger partial charge >= 0.3 is 0 Å². The van der Waals surface area contributed by atoms with Crippen LogP contribution in [-0.2, 0) is 40.5 Å². The summed E-state index contributed by atoms with van der Waals surface area (Å²) in [6, 6.07) is 0. The normalized spacial score (nSPS) is 33.8. The van der Waals surface area contributed by atoms with Gasteiger partial charge in [0.2, 0.25) is 0 Å². The molecule has 4 saturated carbocycles. The van der Waals surface area contributed by atoms with Crippen molar-refractivity contribution in [2.45, 2.75) is 180 Å². The highest BCUT2D eigenvalue weighted by Crippen LogP contribution is 2.63. The monoisotopic (exact) mass is 864 g/mol. The summed E-state index contributed by atoms with van der Waals surface area (Å²) in [5, 5.41) is -3.59. The standard InChI is InChI=1S/C35H66O12P2S4/c1-5-32(24-10-14-28(20-24)50(36,37)38)48(33(6-2)25-11-15-29(21-25)51(39,40)41)18-9-19-49(34(7-3)26-12-16-30(22-26)52(42,43)44)35(8-4)27-13-17-31(23-27)53(45,46)47/h24-35H,5-23H2,1-4H3,(H,36,37,38)(H,39,40,41)(H,42,43,44)(H,45,46,47)/p-4. The zero-order valence-electron chi connectivity index (χ0n) is 31.8. The predicted molar refractivity (Wildman–Crippen MR) is 208 cm³/mol. The van der Waals surface area contributed by atoms with Crippen LogP contribution in [0.25, 0.3) is 0 Å². The first-order valence-electron chi connectivity index (χ1n) is 19.9. The summed E-state index contributed by atoms with van der Waals surface area (Å²) >= 11 is 0. The van der Waals surface area contributed by atoms with E-state index in [1.165, 1.54) is 0 Å². The van der Waals surface area contributed by atoms with Crippen LogP contribution in [0.3, 0.4) is 0 Å². The van der Waals surface area contributed by atoms with Gasteiger partial charge in [0.25, 0.3) is 0 Å². The second-order valence-corrected chi connectivity index (χ2v) is 28.7. The van der Waals surface area contributed by atoms with Gasteiger partial charge in [0, 0.05) is 21.0 Å². The molecule has 312 valence electrons. The smallest absolute Gasteiger partial charge is 0.0975 e. The van der Waals surface area contributed by atoms with Crippen LogP contribution in [0.4, 0.5) is 0 Å². The third-order valence-corrected chi connectivity index (χ3v) is 26.9. The molecule has 4 fully saturated rings. The predicted octanol–water partition coefficient (Wildman–Crippen LogP) is 6.31. The first-order valence-corrected chi connectivity index (χ1v) is 29.2. The van der Waals surface area contributed by atoms with E-state index in [4.69, 9.17) is 0 Å². The zero-order valence-corrected chi connectivity index (χ0v) is 36.8. The molecule has 12 unspecified atom stereocenters. The number of hydrogen-bond acceptors (Lipinski definition) is 12. The van der Waals surface area contributed by atoms with Crippen molar-refractivity contribution >= 4 is 56.3 Å². The fourth-order valence-corrected chi connectivity index (χ4v) is 23.6. The lowest BCUT2D eigenvalue weighted by Gasteiger charge is -2.42. The van der Waals surface area contributed by atoms with E-state index >= 15 is 0 Å². The Bertz CT molecular complexity index is 1410. The minimum Gasteiger partial charge on any atom is -0.748 e. The van der Waals surface area contributed by atoms with Crippen molar-refractivity contribution in [1.29, 1.82) is 0 Å². The summed E-state index contributed by atoms with van der Waals surface area (Å²) < 4.78 is 145. The SMILES string of the molecule is CCC(C1CCC(S(=O)(=O)[O-])C1)P(CCCP(C(CC)C1CCC(S(=O)(=O)[O-])C1)C(CC)C1CCC(S(=O)(=O)[O-])C1)C(CC)C1CCC(S(=O)(=O)[O-])C1. The lowest BCUT2D eigenvalue weighted by Crippen LogP contribution is -2.30. The Labute approximate surface area is 323 Å². The molecule has 18 heteroatoms. The Morgan fingerprint density at radius 2 is 0.623 bits per heavy atom. The van der Waals surface area contributed by atoms with E-state index < -0.39 is 77.3 Å². The minimum absolute atomic E-state index is 0.0662. The van der Waals surface area contributed by atoms with Gasteiger partial charge < -0.3 is 18.2 Å². The molecule has 53 heavy (non-hydrogen) atoms. The highest BCUT2D eigenvalue weighted by molar-refractivity contribution is 7.87. The summed E-state index contributed by atoms with van der Waals surface area (Å²) in [5.74, 6) is 0.265. The van der Waals surface area contributed by atoms with Crippen molar-refractivity contribution in [2.75, 3.05) is 12.3 Å². The molecular formula is C35H62O12P2S4-4. The van der Waals surface area contributed by atoms with Crippen molar-refractivity contribution in [3.63, 3.8) is 0 Å². The van der Waals surface area contributed by atoms with Crippen LogP contribution in [0.1, 0.15) is 137 Å². The van der Waals surface area contributed by atoms with Crippen molar-refractivity contribution in [2.24, 2.45) is 23.7 Å². The molecule has 0 spiro atoms. The van der Waals surface area contributed by atoms with E-state index in [-0.39, 0.29) is 46.3 Å². The Kier molecular flexibility index (Phi) is 16.6. The maximum absolute atomic E-state index is 12.1. The van der Waals surface area contributed by atoms with E-state index in [0.717, 1.165) is 44.4 Å². The fourth-order valence-electron chi connectivity index (χ4n) is 11.3. The fraction of sp³-hybridized carbons (Fsp3) is 1.00. The molecule has 4 aliphatic rings. The first-order chi connectivity index (χ1) is 24.6. The molecule has 12 atom stereocenters. The van der Waals surface area contributed by atoms with Crippen molar-refractivity contribution in [3.8, 4) is 0 Å². The molecule has 0 aromatic carbocycles. The van der Waals surface area contributed by atoms with Crippen LogP contribution < -0.4 is 0 Å². The van der Waals surface area contributed by atoms with Crippen LogP contribution in [0.5, 0.6) is 0 Å². The van der Waals surface area contributed by atoms with Crippen LogP contribution >= 0.6 is 15.8 Å². The molecule has 0 aromatic heterocycles. The average molecular weight is 865 g/mol. The Morgan fingerprint density at radius 3 is 0.774 bits per heavy atom. The van der Waals surface area contributed by atoms with E-state index in [1.807, 2.05) is 0 Å². The van der Waals surface area contributed by atoms with Gasteiger partial charge in [-0.05, 0) is 168 Å². The van der Waals surface area contributed by atoms with Gasteiger partial charge in [0.1, 0.15) is 0 Å². The lowest BCUT2D eigenvalue weighted by atomic mass is 10.0. The Morgan fingerprint density at radius 1 is 0.415 bits per heavy atom. The Hall–Kier alpha value is 0.500. The zero-order chi connectivity index (χ0) is 39.5. The summed E-state index contributed by atoms with van der Waals surface area (Å²) in [6.45, 7) is 8.44. The van der Waals surface area contributed by atoms with E-state index in [2.05, 4.69) is 27.7 Å². The molecule has 0 amide bonds. The van der Waals surface area contributed by atoms with E-state index in [0.29, 0.717) is 77.0 Å². The molecule has 0 N–H and O–H groups in total. The molecule has 4 rings (SSSR count). The highest BCUT2D eigenvalue weighted by atomic mass is 32.2. The lowest BCUT2D eigenvalue weighted by molar-refractivity contribution is 0.436. The maximum Gasteiger partial charge on any atom is 0.0975 e. The third-order valence-electron chi connectivity index (χ3n) is 13.7. The van der Waals surface area contributed by atoms with Gasteiger partial charge in [-0.1, -0.05) is 43.5 Å². The molecule has 0 bridgehead atoms. The number of hydrogen-bond donors (Lipinski definition) is 0. The molecule has 12 nitrogen and oxygen atoms in total. The summed E-state index contributed by atoms with van der Waals surface area (Å²) in [6.07, 6.45) is 11.1. The van der Waals surface area contributed by atoms with Crippen molar-refractivity contribution < 1.29 is 51.9 Å². The van der Waals surface area contributed by atoms with Crippen molar-refractivity contribution in [1.82, 2.24) is 0 Å². The Balaban J connectivity index is 1.64. The molecule has 4 aliphatic carbocycles. The van der Waals surface area contributed by atoms with Crippen molar-refractivity contribution in [3.05, 3.63) is 0 Å². The molecule has 0 radical (unpaired) electrons. The number of rotatable bonds is 20. The van der Waals surface area contributed by atoms with Crippen LogP contribution in [0.15, 0.2) is 0 Å². The first kappa shape index (κ1) is 46.2.